The number of esters is 1. The van der Waals surface area contributed by atoms with Crippen LogP contribution in [0, 0.1) is 5.92 Å². The third-order valence-corrected chi connectivity index (χ3v) is 4.62. The number of ether oxygens (including phenoxy) is 2. The highest BCUT2D eigenvalue weighted by molar-refractivity contribution is 6.31. The predicted molar refractivity (Wildman–Crippen MR) is 102 cm³/mol. The number of carboxylic acids is 1. The summed E-state index contributed by atoms with van der Waals surface area (Å²) in [5.41, 5.74) is 9.27. The number of hydrogen-bond acceptors (Lipinski definition) is 6. The summed E-state index contributed by atoms with van der Waals surface area (Å²) < 4.78 is 10.3. The molecule has 0 radical (unpaired) electrons. The summed E-state index contributed by atoms with van der Waals surface area (Å²) in [5.74, 6) is -3.65. The number of rotatable bonds is 8. The van der Waals surface area contributed by atoms with E-state index in [0.717, 1.165) is 0 Å². The Morgan fingerprint density at radius 1 is 1.39 bits per heavy atom. The second-order valence-electron chi connectivity index (χ2n) is 5.93. The van der Waals surface area contributed by atoms with Crippen LogP contribution in [0.3, 0.4) is 0 Å². The largest absolute Gasteiger partial charge is 0.478 e. The third kappa shape index (κ3) is 4.69. The summed E-state index contributed by atoms with van der Waals surface area (Å²) in [6.07, 6.45) is 0. The van der Waals surface area contributed by atoms with Crippen molar-refractivity contribution in [2.75, 3.05) is 26.9 Å². The van der Waals surface area contributed by atoms with Crippen LogP contribution in [-0.4, -0.2) is 49.6 Å². The van der Waals surface area contributed by atoms with Crippen LogP contribution in [0.5, 0.6) is 0 Å². The van der Waals surface area contributed by atoms with E-state index >= 15 is 0 Å². The van der Waals surface area contributed by atoms with Crippen LogP contribution in [0.2, 0.25) is 5.02 Å². The molecule has 0 fully saturated rings. The average Bonchev–Trinajstić information content (AvgIpc) is 2.66. The monoisotopic (exact) mass is 406 g/mol. The van der Waals surface area contributed by atoms with Crippen LogP contribution in [-0.2, 0) is 19.1 Å². The summed E-state index contributed by atoms with van der Waals surface area (Å²) in [6.45, 7) is 1.72. The number of nitrogens with zero attached hydrogens (tertiary/aromatic N) is 4. The Morgan fingerprint density at radius 3 is 2.71 bits per heavy atom. The van der Waals surface area contributed by atoms with E-state index < -0.39 is 23.8 Å². The highest BCUT2D eigenvalue weighted by Gasteiger charge is 2.43. The minimum absolute atomic E-state index is 0.0853. The Labute approximate surface area is 166 Å². The fraction of sp³-hybridized carbons (Fsp3) is 0.389. The van der Waals surface area contributed by atoms with Crippen LogP contribution >= 0.6 is 11.6 Å². The molecule has 28 heavy (non-hydrogen) atoms. The van der Waals surface area contributed by atoms with Crippen molar-refractivity contribution in [1.82, 2.24) is 0 Å². The molecule has 0 bridgehead atoms. The summed E-state index contributed by atoms with van der Waals surface area (Å²) in [7, 11) is 1.23. The predicted octanol–water partition coefficient (Wildman–Crippen LogP) is 3.35. The van der Waals surface area contributed by atoms with E-state index in [9.17, 15) is 14.7 Å². The molecule has 0 aromatic heterocycles. The number of halogens is 1. The zero-order chi connectivity index (χ0) is 20.7. The molecule has 1 heterocycles. The van der Waals surface area contributed by atoms with Gasteiger partial charge in [-0.1, -0.05) is 34.9 Å². The third-order valence-electron chi connectivity index (χ3n) is 4.28. The highest BCUT2D eigenvalue weighted by atomic mass is 35.5. The van der Waals surface area contributed by atoms with Crippen molar-refractivity contribution in [2.45, 2.75) is 12.8 Å². The Kier molecular flexibility index (Phi) is 7.57. The second-order valence-corrected chi connectivity index (χ2v) is 6.33. The topological polar surface area (TPSA) is 134 Å². The number of aliphatic imine (C=N–C) groups is 1. The first kappa shape index (κ1) is 21.4. The smallest absolute Gasteiger partial charge is 0.334 e. The summed E-state index contributed by atoms with van der Waals surface area (Å²) >= 11 is 6.31. The summed E-state index contributed by atoms with van der Waals surface area (Å²) in [5, 5.41) is 13.6. The molecule has 1 aliphatic heterocycles. The zero-order valence-electron chi connectivity index (χ0n) is 15.3. The quantitative estimate of drug-likeness (QED) is 0.232. The van der Waals surface area contributed by atoms with E-state index in [2.05, 4.69) is 15.0 Å². The Bertz CT molecular complexity index is 876. The Hall–Kier alpha value is -2.87. The molecule has 1 unspecified atom stereocenters. The van der Waals surface area contributed by atoms with Gasteiger partial charge in [0, 0.05) is 28.1 Å². The molecule has 2 rings (SSSR count). The standard InChI is InChI=1S/C18H19ClN4O5/c1-10-14(18(26)27-2)15(11-5-3-4-6-12(11)19)16(17(24)25)13(22-10)9-28-8-7-21-23-20/h3-6,14-15H,7-9H2,1-2H3,(H,24,25)/t14?,15-/m1/s1. The fourth-order valence-corrected chi connectivity index (χ4v) is 3.36. The number of hydrogen-bond donors (Lipinski definition) is 1. The normalized spacial score (nSPS) is 18.9. The van der Waals surface area contributed by atoms with Crippen molar-refractivity contribution in [3.8, 4) is 0 Å². The van der Waals surface area contributed by atoms with Gasteiger partial charge in [0.25, 0.3) is 0 Å². The van der Waals surface area contributed by atoms with Crippen molar-refractivity contribution < 1.29 is 24.2 Å². The van der Waals surface area contributed by atoms with Crippen LogP contribution in [0.1, 0.15) is 18.4 Å². The highest BCUT2D eigenvalue weighted by Crippen LogP contribution is 2.42. The lowest BCUT2D eigenvalue weighted by molar-refractivity contribution is -0.143. The SMILES string of the molecule is COC(=O)C1C(C)=NC(COCCN=[N+]=[N-])=C(C(=O)O)[C@@H]1c1ccccc1Cl. The maximum Gasteiger partial charge on any atom is 0.334 e. The van der Waals surface area contributed by atoms with Gasteiger partial charge in [0.05, 0.1) is 31.6 Å². The van der Waals surface area contributed by atoms with Crippen molar-refractivity contribution >= 4 is 29.3 Å². The molecule has 0 aliphatic carbocycles. The second kappa shape index (κ2) is 9.89. The Morgan fingerprint density at radius 2 is 2.11 bits per heavy atom. The molecule has 0 amide bonds. The first-order valence-corrected chi connectivity index (χ1v) is 8.72. The molecular weight excluding hydrogens is 388 g/mol. The molecule has 1 aromatic carbocycles. The molecule has 1 aliphatic rings. The lowest BCUT2D eigenvalue weighted by Crippen LogP contribution is -2.36. The van der Waals surface area contributed by atoms with Crippen LogP contribution in [0.25, 0.3) is 10.4 Å². The van der Waals surface area contributed by atoms with Gasteiger partial charge in [-0.25, -0.2) is 4.79 Å². The fourth-order valence-electron chi connectivity index (χ4n) is 3.11. The van der Waals surface area contributed by atoms with Crippen molar-refractivity contribution in [2.24, 2.45) is 16.0 Å². The lowest BCUT2D eigenvalue weighted by Gasteiger charge is -2.31. The van der Waals surface area contributed by atoms with Crippen LogP contribution in [0.15, 0.2) is 45.6 Å². The van der Waals surface area contributed by atoms with Gasteiger partial charge in [0.2, 0.25) is 0 Å². The lowest BCUT2D eigenvalue weighted by atomic mass is 9.75. The van der Waals surface area contributed by atoms with Gasteiger partial charge in [-0.05, 0) is 24.1 Å². The van der Waals surface area contributed by atoms with E-state index in [4.69, 9.17) is 26.6 Å². The molecule has 1 N–H and O–H groups in total. The van der Waals surface area contributed by atoms with Crippen molar-refractivity contribution in [3.63, 3.8) is 0 Å². The molecule has 0 spiro atoms. The van der Waals surface area contributed by atoms with Gasteiger partial charge in [0.15, 0.2) is 0 Å². The van der Waals surface area contributed by atoms with E-state index in [0.29, 0.717) is 16.3 Å². The number of aliphatic carboxylic acids is 1. The maximum atomic E-state index is 12.4. The van der Waals surface area contributed by atoms with Crippen molar-refractivity contribution in [1.29, 1.82) is 0 Å². The van der Waals surface area contributed by atoms with E-state index in [1.54, 1.807) is 31.2 Å². The van der Waals surface area contributed by atoms with E-state index in [1.165, 1.54) is 7.11 Å². The molecule has 0 saturated heterocycles. The van der Waals surface area contributed by atoms with E-state index in [-0.39, 0.29) is 31.0 Å². The number of carboxylic acid groups (broad SMARTS) is 1. The van der Waals surface area contributed by atoms with Crippen molar-refractivity contribution in [3.05, 3.63) is 56.6 Å². The Balaban J connectivity index is 2.53. The zero-order valence-corrected chi connectivity index (χ0v) is 16.1. The number of carbonyl (C=O) groups is 2. The van der Waals surface area contributed by atoms with Crippen LogP contribution in [0.4, 0.5) is 0 Å². The molecule has 2 atom stereocenters. The first-order valence-electron chi connectivity index (χ1n) is 8.34. The maximum absolute atomic E-state index is 12.4. The van der Waals surface area contributed by atoms with Gasteiger partial charge in [-0.2, -0.15) is 0 Å². The molecule has 10 heteroatoms. The minimum Gasteiger partial charge on any atom is -0.478 e. The minimum atomic E-state index is -1.23. The molecular formula is C18H19ClN4O5. The van der Waals surface area contributed by atoms with Crippen LogP contribution < -0.4 is 0 Å². The molecule has 9 nitrogen and oxygen atoms in total. The van der Waals surface area contributed by atoms with Gasteiger partial charge in [-0.15, -0.1) is 0 Å². The van der Waals surface area contributed by atoms with Gasteiger partial charge in [-0.3, -0.25) is 9.79 Å². The number of carbonyl (C=O) groups excluding carboxylic acids is 1. The average molecular weight is 407 g/mol. The molecule has 148 valence electrons. The molecule has 0 saturated carbocycles. The number of benzene rings is 1. The number of azide groups is 1. The summed E-state index contributed by atoms with van der Waals surface area (Å²) in [4.78, 5) is 31.5. The number of methoxy groups -OCH3 is 1. The summed E-state index contributed by atoms with van der Waals surface area (Å²) in [6, 6.07) is 6.73. The first-order chi connectivity index (χ1) is 13.4. The van der Waals surface area contributed by atoms with Gasteiger partial charge in [0.1, 0.15) is 5.92 Å². The van der Waals surface area contributed by atoms with E-state index in [1.807, 2.05) is 0 Å². The van der Waals surface area contributed by atoms with Gasteiger partial charge < -0.3 is 14.6 Å². The molecule has 1 aromatic rings. The van der Waals surface area contributed by atoms with Gasteiger partial charge >= 0.3 is 11.9 Å².